The molecule has 7 rings (SSSR count). The average molecular weight is 397 g/mol. The Morgan fingerprint density at radius 3 is 2.13 bits per heavy atom. The van der Waals surface area contributed by atoms with Crippen LogP contribution in [0.1, 0.15) is 11.7 Å². The Morgan fingerprint density at radius 2 is 1.32 bits per heavy atom. The molecule has 1 aromatic heterocycles. The second-order valence-electron chi connectivity index (χ2n) is 8.12. The van der Waals surface area contributed by atoms with Crippen molar-refractivity contribution in [3.63, 3.8) is 0 Å². The molecule has 1 aliphatic rings. The van der Waals surface area contributed by atoms with Crippen LogP contribution in [-0.2, 0) is 0 Å². The van der Waals surface area contributed by atoms with E-state index in [0.29, 0.717) is 0 Å². The number of rotatable bonds is 1. The van der Waals surface area contributed by atoms with Crippen molar-refractivity contribution in [3.8, 4) is 11.4 Å². The van der Waals surface area contributed by atoms with Gasteiger partial charge in [-0.1, -0.05) is 72.8 Å². The number of anilines is 1. The van der Waals surface area contributed by atoms with E-state index in [-0.39, 0.29) is 6.17 Å². The first-order valence-electron chi connectivity index (χ1n) is 10.6. The molecule has 31 heavy (non-hydrogen) atoms. The first kappa shape index (κ1) is 16.7. The van der Waals surface area contributed by atoms with Crippen LogP contribution in [0.3, 0.4) is 0 Å². The molecule has 0 saturated heterocycles. The minimum Gasteiger partial charge on any atom is -0.360 e. The van der Waals surface area contributed by atoms with Gasteiger partial charge in [-0.25, -0.2) is 4.98 Å². The van der Waals surface area contributed by atoms with Crippen molar-refractivity contribution >= 4 is 38.3 Å². The number of nitrogens with one attached hydrogen (secondary N) is 1. The van der Waals surface area contributed by atoms with E-state index in [4.69, 9.17) is 4.98 Å². The van der Waals surface area contributed by atoms with Crippen molar-refractivity contribution in [3.05, 3.63) is 109 Å². The molecule has 0 fully saturated rings. The quantitative estimate of drug-likeness (QED) is 0.303. The Morgan fingerprint density at radius 1 is 0.677 bits per heavy atom. The molecule has 3 heteroatoms. The molecule has 1 atom stereocenters. The average Bonchev–Trinajstić information content (AvgIpc) is 3.22. The summed E-state index contributed by atoms with van der Waals surface area (Å²) in [4.78, 5) is 5.05. The van der Waals surface area contributed by atoms with Crippen molar-refractivity contribution in [2.75, 3.05) is 5.32 Å². The molecule has 0 radical (unpaired) electrons. The van der Waals surface area contributed by atoms with Gasteiger partial charge in [-0.05, 0) is 51.9 Å². The summed E-state index contributed by atoms with van der Waals surface area (Å²) in [6.45, 7) is 0. The molecule has 3 nitrogen and oxygen atoms in total. The maximum atomic E-state index is 5.05. The third-order valence-corrected chi connectivity index (χ3v) is 6.40. The third kappa shape index (κ3) is 2.32. The molecule has 1 aliphatic heterocycles. The predicted octanol–water partition coefficient (Wildman–Crippen LogP) is 6.98. The van der Waals surface area contributed by atoms with Gasteiger partial charge >= 0.3 is 0 Å². The molecular weight excluding hydrogens is 378 g/mol. The van der Waals surface area contributed by atoms with Gasteiger partial charge in [0.2, 0.25) is 0 Å². The van der Waals surface area contributed by atoms with Crippen molar-refractivity contribution in [1.29, 1.82) is 0 Å². The molecule has 1 N–H and O–H groups in total. The fourth-order valence-electron chi connectivity index (χ4n) is 5.06. The first-order chi connectivity index (χ1) is 15.4. The van der Waals surface area contributed by atoms with Crippen LogP contribution in [0.15, 0.2) is 103 Å². The summed E-state index contributed by atoms with van der Waals surface area (Å²) in [6, 6.07) is 36.5. The molecule has 0 amide bonds. The number of aromatic nitrogens is 2. The molecule has 2 heterocycles. The molecule has 0 spiro atoms. The number of imidazole rings is 1. The molecule has 5 aromatic carbocycles. The van der Waals surface area contributed by atoms with Crippen LogP contribution >= 0.6 is 0 Å². The molecule has 0 bridgehead atoms. The number of hydrogen-bond acceptors (Lipinski definition) is 2. The minimum absolute atomic E-state index is 0.0618. The summed E-state index contributed by atoms with van der Waals surface area (Å²) in [5, 5.41) is 8.89. The van der Waals surface area contributed by atoms with Crippen LogP contribution in [-0.4, -0.2) is 9.55 Å². The zero-order valence-corrected chi connectivity index (χ0v) is 16.8. The van der Waals surface area contributed by atoms with Crippen LogP contribution in [0.2, 0.25) is 0 Å². The van der Waals surface area contributed by atoms with E-state index in [9.17, 15) is 0 Å². The van der Waals surface area contributed by atoms with Gasteiger partial charge in [-0.2, -0.15) is 0 Å². The van der Waals surface area contributed by atoms with Gasteiger partial charge in [0.05, 0.1) is 11.0 Å². The highest BCUT2D eigenvalue weighted by atomic mass is 15.2. The number of hydrogen-bond donors (Lipinski definition) is 1. The summed E-state index contributed by atoms with van der Waals surface area (Å²) in [7, 11) is 0. The van der Waals surface area contributed by atoms with E-state index in [1.165, 1.54) is 27.1 Å². The van der Waals surface area contributed by atoms with Crippen LogP contribution in [0.25, 0.3) is 44.0 Å². The van der Waals surface area contributed by atoms with Gasteiger partial charge in [0.25, 0.3) is 0 Å². The number of para-hydroxylation sites is 3. The van der Waals surface area contributed by atoms with Crippen molar-refractivity contribution in [2.24, 2.45) is 0 Å². The summed E-state index contributed by atoms with van der Waals surface area (Å²) < 4.78 is 2.37. The van der Waals surface area contributed by atoms with Gasteiger partial charge in [-0.3, -0.25) is 4.57 Å². The molecular formula is C28H19N3. The highest BCUT2D eigenvalue weighted by Crippen LogP contribution is 2.44. The predicted molar refractivity (Wildman–Crippen MR) is 128 cm³/mol. The number of fused-ring (bicyclic) bond motifs is 7. The SMILES string of the molecule is c1ccc2c(c1)N[C@H](c1c3ccccc3cc3ccccc13)n1c-2nc2ccccc21. The molecule has 6 aromatic rings. The maximum absolute atomic E-state index is 5.05. The lowest BCUT2D eigenvalue weighted by Gasteiger charge is -2.32. The van der Waals surface area contributed by atoms with E-state index >= 15 is 0 Å². The van der Waals surface area contributed by atoms with E-state index in [2.05, 4.69) is 113 Å². The highest BCUT2D eigenvalue weighted by Gasteiger charge is 2.30. The smallest absolute Gasteiger partial charge is 0.145 e. The lowest BCUT2D eigenvalue weighted by molar-refractivity contribution is 0.678. The second kappa shape index (κ2) is 6.19. The Kier molecular flexibility index (Phi) is 3.33. The Labute approximate surface area is 179 Å². The zero-order valence-electron chi connectivity index (χ0n) is 16.8. The van der Waals surface area contributed by atoms with Crippen LogP contribution in [0.4, 0.5) is 5.69 Å². The Hall–Kier alpha value is -4.11. The fourth-order valence-corrected chi connectivity index (χ4v) is 5.06. The van der Waals surface area contributed by atoms with Crippen molar-refractivity contribution in [1.82, 2.24) is 9.55 Å². The van der Waals surface area contributed by atoms with Gasteiger partial charge in [-0.15, -0.1) is 0 Å². The molecule has 146 valence electrons. The summed E-state index contributed by atoms with van der Waals surface area (Å²) in [6.07, 6.45) is -0.0618. The van der Waals surface area contributed by atoms with E-state index in [1.807, 2.05) is 0 Å². The monoisotopic (exact) mass is 397 g/mol. The topological polar surface area (TPSA) is 29.9 Å². The van der Waals surface area contributed by atoms with Crippen LogP contribution in [0.5, 0.6) is 0 Å². The first-order valence-corrected chi connectivity index (χ1v) is 10.6. The van der Waals surface area contributed by atoms with Gasteiger partial charge in [0.15, 0.2) is 0 Å². The zero-order chi connectivity index (χ0) is 20.4. The van der Waals surface area contributed by atoms with Crippen molar-refractivity contribution in [2.45, 2.75) is 6.17 Å². The third-order valence-electron chi connectivity index (χ3n) is 6.40. The van der Waals surface area contributed by atoms with Gasteiger partial charge < -0.3 is 5.32 Å². The molecule has 0 unspecified atom stereocenters. The van der Waals surface area contributed by atoms with Crippen LogP contribution in [0, 0.1) is 0 Å². The van der Waals surface area contributed by atoms with E-state index < -0.39 is 0 Å². The number of nitrogens with zero attached hydrogens (tertiary/aromatic N) is 2. The maximum Gasteiger partial charge on any atom is 0.145 e. The summed E-state index contributed by atoms with van der Waals surface area (Å²) in [5.74, 6) is 1.01. The normalized spacial score (nSPS) is 15.0. The van der Waals surface area contributed by atoms with E-state index in [0.717, 1.165) is 28.1 Å². The lowest BCUT2D eigenvalue weighted by Crippen LogP contribution is -2.25. The van der Waals surface area contributed by atoms with E-state index in [1.54, 1.807) is 0 Å². The highest BCUT2D eigenvalue weighted by molar-refractivity contribution is 6.03. The second-order valence-corrected chi connectivity index (χ2v) is 8.12. The lowest BCUT2D eigenvalue weighted by atomic mass is 9.93. The Balaban J connectivity index is 1.64. The summed E-state index contributed by atoms with van der Waals surface area (Å²) >= 11 is 0. The van der Waals surface area contributed by atoms with Gasteiger partial charge in [0, 0.05) is 16.8 Å². The van der Waals surface area contributed by atoms with Gasteiger partial charge in [0.1, 0.15) is 12.0 Å². The Bertz CT molecular complexity index is 1570. The van der Waals surface area contributed by atoms with Crippen LogP contribution < -0.4 is 5.32 Å². The van der Waals surface area contributed by atoms with Crippen molar-refractivity contribution < 1.29 is 0 Å². The minimum atomic E-state index is -0.0618. The fraction of sp³-hybridized carbons (Fsp3) is 0.0357. The largest absolute Gasteiger partial charge is 0.360 e. The standard InChI is InChI=1S/C28H19N3/c1-3-11-20-18(9-1)17-19-10-2-4-12-21(19)26(20)28-29-23-14-6-5-13-22(23)27-30-24-15-7-8-16-25(24)31(27)28/h1-17,28-29H/t28-/m0/s1. The molecule has 0 saturated carbocycles. The molecule has 0 aliphatic carbocycles. The summed E-state index contributed by atoms with van der Waals surface area (Å²) in [5.41, 5.74) is 5.70. The number of benzene rings is 5.